The van der Waals surface area contributed by atoms with E-state index in [1.807, 2.05) is 48.5 Å². The van der Waals surface area contributed by atoms with Gasteiger partial charge in [-0.05, 0) is 42.0 Å². The Kier molecular flexibility index (Phi) is 4.58. The maximum Gasteiger partial charge on any atom is 0.225 e. The van der Waals surface area contributed by atoms with Crippen molar-refractivity contribution in [2.45, 2.75) is 24.1 Å². The van der Waals surface area contributed by atoms with Gasteiger partial charge in [0.1, 0.15) is 29.8 Å². The average Bonchev–Trinajstić information content (AvgIpc) is 3.61. The predicted molar refractivity (Wildman–Crippen MR) is 93.2 cm³/mol. The number of ether oxygens (including phenoxy) is 5. The zero-order valence-corrected chi connectivity index (χ0v) is 14.8. The topological polar surface area (TPSA) is 73.0 Å². The Morgan fingerprint density at radius 1 is 0.962 bits per heavy atom. The van der Waals surface area contributed by atoms with Gasteiger partial charge in [-0.25, -0.2) is 0 Å². The second kappa shape index (κ2) is 6.89. The summed E-state index contributed by atoms with van der Waals surface area (Å²) in [4.78, 5) is 0. The van der Waals surface area contributed by atoms with E-state index in [1.165, 1.54) is 0 Å². The number of rotatable bonds is 8. The van der Waals surface area contributed by atoms with Gasteiger partial charge in [0.2, 0.25) is 5.79 Å². The van der Waals surface area contributed by atoms with Gasteiger partial charge in [0.15, 0.2) is 0 Å². The lowest BCUT2D eigenvalue weighted by atomic mass is 10.1. The van der Waals surface area contributed by atoms with Crippen molar-refractivity contribution in [1.82, 2.24) is 0 Å². The minimum Gasteiger partial charge on any atom is -0.497 e. The molecule has 6 nitrogen and oxygen atoms in total. The molecule has 4 unspecified atom stereocenters. The number of hydrogen-bond donors (Lipinski definition) is 1. The van der Waals surface area contributed by atoms with Crippen molar-refractivity contribution in [3.63, 3.8) is 0 Å². The van der Waals surface area contributed by atoms with E-state index < -0.39 is 5.79 Å². The first-order valence-electron chi connectivity index (χ1n) is 8.56. The van der Waals surface area contributed by atoms with E-state index in [0.29, 0.717) is 6.61 Å². The normalized spacial score (nSPS) is 29.3. The molecule has 2 saturated heterocycles. The summed E-state index contributed by atoms with van der Waals surface area (Å²) < 4.78 is 27.8. The lowest BCUT2D eigenvalue weighted by Gasteiger charge is -2.14. The molecule has 2 fully saturated rings. The summed E-state index contributed by atoms with van der Waals surface area (Å²) >= 11 is 0. The highest BCUT2D eigenvalue weighted by Gasteiger charge is 2.60. The molecule has 2 heterocycles. The highest BCUT2D eigenvalue weighted by Crippen LogP contribution is 2.49. The summed E-state index contributed by atoms with van der Waals surface area (Å²) in [6.07, 6.45) is -0.378. The molecular formula is C20H22O6. The molecule has 0 saturated carbocycles. The number of aliphatic hydroxyl groups excluding tert-OH is 1. The monoisotopic (exact) mass is 358 g/mol. The molecular weight excluding hydrogens is 336 g/mol. The SMILES string of the molecule is COc1ccc(C2OC2COC2(c3ccc(OC)cc3)OC2CO)cc1. The van der Waals surface area contributed by atoms with Gasteiger partial charge in [-0.15, -0.1) is 0 Å². The molecule has 0 radical (unpaired) electrons. The smallest absolute Gasteiger partial charge is 0.225 e. The van der Waals surface area contributed by atoms with Gasteiger partial charge < -0.3 is 28.8 Å². The highest BCUT2D eigenvalue weighted by molar-refractivity contribution is 5.33. The van der Waals surface area contributed by atoms with Crippen LogP contribution >= 0.6 is 0 Å². The molecule has 0 bridgehead atoms. The average molecular weight is 358 g/mol. The molecule has 4 atom stereocenters. The summed E-state index contributed by atoms with van der Waals surface area (Å²) in [6, 6.07) is 15.3. The largest absolute Gasteiger partial charge is 0.497 e. The maximum absolute atomic E-state index is 9.49. The Balaban J connectivity index is 1.39. The number of hydrogen-bond acceptors (Lipinski definition) is 6. The van der Waals surface area contributed by atoms with Gasteiger partial charge in [-0.3, -0.25) is 0 Å². The van der Waals surface area contributed by atoms with Crippen LogP contribution in [-0.2, 0) is 20.0 Å². The number of benzene rings is 2. The van der Waals surface area contributed by atoms with Crippen LogP contribution < -0.4 is 9.47 Å². The Labute approximate surface area is 152 Å². The Morgan fingerprint density at radius 3 is 2.12 bits per heavy atom. The number of methoxy groups -OCH3 is 2. The minimum absolute atomic E-state index is 0.0140. The Hall–Kier alpha value is -2.12. The summed E-state index contributed by atoms with van der Waals surface area (Å²) in [5.41, 5.74) is 1.95. The van der Waals surface area contributed by atoms with E-state index in [-0.39, 0.29) is 24.9 Å². The summed E-state index contributed by atoms with van der Waals surface area (Å²) in [5.74, 6) is 0.672. The summed E-state index contributed by atoms with van der Waals surface area (Å²) in [7, 11) is 3.26. The molecule has 6 heteroatoms. The van der Waals surface area contributed by atoms with E-state index in [0.717, 1.165) is 22.6 Å². The van der Waals surface area contributed by atoms with Gasteiger partial charge in [-0.1, -0.05) is 12.1 Å². The Bertz CT molecular complexity index is 744. The molecule has 138 valence electrons. The maximum atomic E-state index is 9.49. The van der Waals surface area contributed by atoms with Crippen LogP contribution in [0, 0.1) is 0 Å². The molecule has 2 aliphatic heterocycles. The number of epoxide rings is 2. The summed E-state index contributed by atoms with van der Waals surface area (Å²) in [5, 5.41) is 9.49. The van der Waals surface area contributed by atoms with Crippen LogP contribution in [-0.4, -0.2) is 44.7 Å². The van der Waals surface area contributed by atoms with Gasteiger partial charge in [0.05, 0.1) is 27.4 Å². The molecule has 0 spiro atoms. The first-order valence-corrected chi connectivity index (χ1v) is 8.56. The van der Waals surface area contributed by atoms with E-state index >= 15 is 0 Å². The zero-order valence-electron chi connectivity index (χ0n) is 14.8. The van der Waals surface area contributed by atoms with Crippen LogP contribution in [0.4, 0.5) is 0 Å². The van der Waals surface area contributed by atoms with Crippen LogP contribution in [0.15, 0.2) is 48.5 Å². The van der Waals surface area contributed by atoms with Crippen LogP contribution in [0.5, 0.6) is 11.5 Å². The van der Waals surface area contributed by atoms with Crippen molar-refractivity contribution >= 4 is 0 Å². The summed E-state index contributed by atoms with van der Waals surface area (Å²) in [6.45, 7) is 0.290. The van der Waals surface area contributed by atoms with Crippen LogP contribution in [0.3, 0.4) is 0 Å². The minimum atomic E-state index is -0.905. The fourth-order valence-corrected chi connectivity index (χ4v) is 3.18. The van der Waals surface area contributed by atoms with E-state index in [9.17, 15) is 5.11 Å². The molecule has 0 aliphatic carbocycles. The first kappa shape index (κ1) is 17.3. The van der Waals surface area contributed by atoms with Gasteiger partial charge >= 0.3 is 0 Å². The molecule has 0 aromatic heterocycles. The molecule has 1 N–H and O–H groups in total. The second-order valence-electron chi connectivity index (χ2n) is 6.36. The van der Waals surface area contributed by atoms with Gasteiger partial charge in [0.25, 0.3) is 0 Å². The van der Waals surface area contributed by atoms with Crippen molar-refractivity contribution in [2.24, 2.45) is 0 Å². The molecule has 2 aromatic carbocycles. The highest BCUT2D eigenvalue weighted by atomic mass is 16.8. The number of aliphatic hydroxyl groups is 1. The fourth-order valence-electron chi connectivity index (χ4n) is 3.18. The van der Waals surface area contributed by atoms with Crippen LogP contribution in [0.1, 0.15) is 17.2 Å². The standard InChI is InChI=1S/C20H22O6/c1-22-15-7-3-13(4-8-15)19-17(25-19)12-24-20(18(11-21)26-20)14-5-9-16(23-2)10-6-14/h3-10,17-19,21H,11-12H2,1-2H3. The third-order valence-corrected chi connectivity index (χ3v) is 4.83. The Morgan fingerprint density at radius 2 is 1.58 bits per heavy atom. The first-order chi connectivity index (χ1) is 12.7. The third-order valence-electron chi connectivity index (χ3n) is 4.83. The van der Waals surface area contributed by atoms with Crippen molar-refractivity contribution in [1.29, 1.82) is 0 Å². The van der Waals surface area contributed by atoms with Crippen LogP contribution in [0.25, 0.3) is 0 Å². The lowest BCUT2D eigenvalue weighted by Crippen LogP contribution is -2.22. The quantitative estimate of drug-likeness (QED) is 0.731. The molecule has 2 aromatic rings. The van der Waals surface area contributed by atoms with Crippen molar-refractivity contribution in [3.8, 4) is 11.5 Å². The van der Waals surface area contributed by atoms with E-state index in [1.54, 1.807) is 14.2 Å². The third kappa shape index (κ3) is 3.17. The van der Waals surface area contributed by atoms with Crippen molar-refractivity contribution < 1.29 is 28.8 Å². The van der Waals surface area contributed by atoms with E-state index in [4.69, 9.17) is 23.7 Å². The van der Waals surface area contributed by atoms with E-state index in [2.05, 4.69) is 0 Å². The molecule has 0 amide bonds. The second-order valence-corrected chi connectivity index (χ2v) is 6.36. The predicted octanol–water partition coefficient (Wildman–Crippen LogP) is 2.40. The van der Waals surface area contributed by atoms with Crippen molar-refractivity contribution in [3.05, 3.63) is 59.7 Å². The molecule has 4 rings (SSSR count). The van der Waals surface area contributed by atoms with Crippen molar-refractivity contribution in [2.75, 3.05) is 27.4 Å². The van der Waals surface area contributed by atoms with Gasteiger partial charge in [0, 0.05) is 5.56 Å². The fraction of sp³-hybridized carbons (Fsp3) is 0.400. The molecule has 26 heavy (non-hydrogen) atoms. The lowest BCUT2D eigenvalue weighted by molar-refractivity contribution is -0.0543. The zero-order chi connectivity index (χ0) is 18.1. The molecule has 2 aliphatic rings. The van der Waals surface area contributed by atoms with Gasteiger partial charge in [-0.2, -0.15) is 0 Å². The van der Waals surface area contributed by atoms with Crippen LogP contribution in [0.2, 0.25) is 0 Å².